The number of aromatic hydroxyl groups is 1. The number of hydrogen-bond donors (Lipinski definition) is 1. The Morgan fingerprint density at radius 1 is 1.33 bits per heavy atom. The summed E-state index contributed by atoms with van der Waals surface area (Å²) in [5, 5.41) is 8.88. The van der Waals surface area contributed by atoms with Crippen LogP contribution in [0.15, 0.2) is 16.6 Å². The van der Waals surface area contributed by atoms with Gasteiger partial charge in [0.15, 0.2) is 11.6 Å². The highest BCUT2D eigenvalue weighted by molar-refractivity contribution is 9.10. The average Bonchev–Trinajstić information content (AvgIpc) is 2.00. The molecule has 0 aliphatic carbocycles. The number of phenolic OH excluding ortho intramolecular Hbond substituents is 1. The van der Waals surface area contributed by atoms with Crippen molar-refractivity contribution in [2.24, 2.45) is 0 Å². The zero-order valence-electron chi connectivity index (χ0n) is 5.69. The molecule has 12 heavy (non-hydrogen) atoms. The largest absolute Gasteiger partial charge is 0.504 e. The molecule has 0 saturated heterocycles. The van der Waals surface area contributed by atoms with Crippen LogP contribution in [0.25, 0.3) is 0 Å². The summed E-state index contributed by atoms with van der Waals surface area (Å²) in [6.07, 6.45) is -2.73. The molecule has 0 bridgehead atoms. The van der Waals surface area contributed by atoms with Crippen molar-refractivity contribution in [2.75, 3.05) is 0 Å². The first-order valence-electron chi connectivity index (χ1n) is 2.99. The van der Waals surface area contributed by atoms with Gasteiger partial charge in [-0.2, -0.15) is 0 Å². The van der Waals surface area contributed by atoms with Gasteiger partial charge in [0, 0.05) is 5.56 Å². The molecule has 0 radical (unpaired) electrons. The highest BCUT2D eigenvalue weighted by Crippen LogP contribution is 2.35. The van der Waals surface area contributed by atoms with Crippen molar-refractivity contribution in [1.82, 2.24) is 0 Å². The third-order valence-corrected chi connectivity index (χ3v) is 2.17. The SMILES string of the molecule is Oc1c(F)ccc(C(F)F)c1Br. The van der Waals surface area contributed by atoms with E-state index < -0.39 is 23.6 Å². The fourth-order valence-electron chi connectivity index (χ4n) is 0.725. The molecule has 0 aromatic heterocycles. The van der Waals surface area contributed by atoms with Gasteiger partial charge in [0.25, 0.3) is 6.43 Å². The van der Waals surface area contributed by atoms with Gasteiger partial charge < -0.3 is 5.11 Å². The molecule has 0 aliphatic rings. The third-order valence-electron chi connectivity index (χ3n) is 1.33. The summed E-state index contributed by atoms with van der Waals surface area (Å²) in [4.78, 5) is 0. The predicted molar refractivity (Wildman–Crippen MR) is 40.7 cm³/mol. The average molecular weight is 241 g/mol. The molecule has 5 heteroatoms. The van der Waals surface area contributed by atoms with Crippen LogP contribution in [-0.2, 0) is 0 Å². The molecular weight excluding hydrogens is 237 g/mol. The molecule has 0 atom stereocenters. The zero-order valence-corrected chi connectivity index (χ0v) is 7.28. The van der Waals surface area contributed by atoms with Crippen molar-refractivity contribution < 1.29 is 18.3 Å². The van der Waals surface area contributed by atoms with Crippen molar-refractivity contribution >= 4 is 15.9 Å². The highest BCUT2D eigenvalue weighted by atomic mass is 79.9. The van der Waals surface area contributed by atoms with Crippen LogP contribution in [0.4, 0.5) is 13.2 Å². The minimum Gasteiger partial charge on any atom is -0.504 e. The Morgan fingerprint density at radius 2 is 1.92 bits per heavy atom. The lowest BCUT2D eigenvalue weighted by atomic mass is 10.2. The van der Waals surface area contributed by atoms with Gasteiger partial charge in [-0.1, -0.05) is 0 Å². The van der Waals surface area contributed by atoms with E-state index in [1.165, 1.54) is 0 Å². The summed E-state index contributed by atoms with van der Waals surface area (Å²) in [7, 11) is 0. The van der Waals surface area contributed by atoms with Gasteiger partial charge in [0.1, 0.15) is 0 Å². The Morgan fingerprint density at radius 3 is 2.42 bits per heavy atom. The Bertz CT molecular complexity index is 301. The molecule has 1 aromatic rings. The summed E-state index contributed by atoms with van der Waals surface area (Å²) < 4.78 is 36.4. The maximum Gasteiger partial charge on any atom is 0.265 e. The van der Waals surface area contributed by atoms with E-state index >= 15 is 0 Å². The molecule has 66 valence electrons. The lowest BCUT2D eigenvalue weighted by Crippen LogP contribution is -1.88. The molecule has 0 unspecified atom stereocenters. The van der Waals surface area contributed by atoms with Crippen molar-refractivity contribution in [3.05, 3.63) is 28.0 Å². The molecule has 1 rings (SSSR count). The topological polar surface area (TPSA) is 20.2 Å². The van der Waals surface area contributed by atoms with Gasteiger partial charge in [0.05, 0.1) is 4.47 Å². The van der Waals surface area contributed by atoms with Crippen molar-refractivity contribution in [1.29, 1.82) is 0 Å². The second-order valence-electron chi connectivity index (χ2n) is 2.10. The van der Waals surface area contributed by atoms with E-state index in [1.807, 2.05) is 0 Å². The first-order chi connectivity index (χ1) is 5.54. The van der Waals surface area contributed by atoms with E-state index in [2.05, 4.69) is 15.9 Å². The van der Waals surface area contributed by atoms with Gasteiger partial charge in [-0.05, 0) is 28.1 Å². The normalized spacial score (nSPS) is 10.8. The van der Waals surface area contributed by atoms with E-state index in [1.54, 1.807) is 0 Å². The van der Waals surface area contributed by atoms with Crippen LogP contribution in [0, 0.1) is 5.82 Å². The first kappa shape index (κ1) is 9.38. The molecule has 0 spiro atoms. The van der Waals surface area contributed by atoms with Gasteiger partial charge in [0.2, 0.25) is 0 Å². The Kier molecular flexibility index (Phi) is 2.62. The van der Waals surface area contributed by atoms with Crippen LogP contribution in [0.2, 0.25) is 0 Å². The molecule has 1 nitrogen and oxygen atoms in total. The Balaban J connectivity index is 3.27. The van der Waals surface area contributed by atoms with E-state index in [0.29, 0.717) is 0 Å². The lowest BCUT2D eigenvalue weighted by Gasteiger charge is -2.04. The minimum atomic E-state index is -2.73. The fourth-order valence-corrected chi connectivity index (χ4v) is 1.22. The fraction of sp³-hybridized carbons (Fsp3) is 0.143. The molecular formula is C7H4BrF3O. The summed E-state index contributed by atoms with van der Waals surface area (Å²) in [5.41, 5.74) is -0.422. The second kappa shape index (κ2) is 3.35. The van der Waals surface area contributed by atoms with Crippen LogP contribution in [0.3, 0.4) is 0 Å². The number of hydrogen-bond acceptors (Lipinski definition) is 1. The Labute approximate surface area is 75.0 Å². The lowest BCUT2D eigenvalue weighted by molar-refractivity contribution is 0.150. The smallest absolute Gasteiger partial charge is 0.265 e. The number of rotatable bonds is 1. The van der Waals surface area contributed by atoms with Crippen LogP contribution in [0.1, 0.15) is 12.0 Å². The van der Waals surface area contributed by atoms with E-state index in [4.69, 9.17) is 5.11 Å². The van der Waals surface area contributed by atoms with Gasteiger partial charge >= 0.3 is 0 Å². The van der Waals surface area contributed by atoms with Gasteiger partial charge in [-0.3, -0.25) is 0 Å². The molecule has 0 fully saturated rings. The van der Waals surface area contributed by atoms with Crippen LogP contribution in [0.5, 0.6) is 5.75 Å². The molecule has 0 aliphatic heterocycles. The van der Waals surface area contributed by atoms with Crippen LogP contribution in [-0.4, -0.2) is 5.11 Å². The predicted octanol–water partition coefficient (Wildman–Crippen LogP) is 3.23. The summed E-state index contributed by atoms with van der Waals surface area (Å²) in [5.74, 6) is -1.71. The van der Waals surface area contributed by atoms with Crippen molar-refractivity contribution in [3.8, 4) is 5.75 Å². The second-order valence-corrected chi connectivity index (χ2v) is 2.89. The summed E-state index contributed by atoms with van der Waals surface area (Å²) in [6.45, 7) is 0. The highest BCUT2D eigenvalue weighted by Gasteiger charge is 2.16. The van der Waals surface area contributed by atoms with Gasteiger partial charge in [-0.25, -0.2) is 13.2 Å². The van der Waals surface area contributed by atoms with E-state index in [-0.39, 0.29) is 4.47 Å². The zero-order chi connectivity index (χ0) is 9.30. The number of benzene rings is 1. The van der Waals surface area contributed by atoms with Crippen molar-refractivity contribution in [2.45, 2.75) is 6.43 Å². The maximum absolute atomic E-state index is 12.5. The maximum atomic E-state index is 12.5. The van der Waals surface area contributed by atoms with Crippen LogP contribution < -0.4 is 0 Å². The molecule has 1 N–H and O–H groups in total. The summed E-state index contributed by atoms with van der Waals surface area (Å²) >= 11 is 2.66. The Hall–Kier alpha value is -0.710. The van der Waals surface area contributed by atoms with Crippen molar-refractivity contribution in [3.63, 3.8) is 0 Å². The van der Waals surface area contributed by atoms with Gasteiger partial charge in [-0.15, -0.1) is 0 Å². The van der Waals surface area contributed by atoms with Crippen LogP contribution >= 0.6 is 15.9 Å². The molecule has 0 saturated carbocycles. The molecule has 1 aromatic carbocycles. The molecule has 0 heterocycles. The van der Waals surface area contributed by atoms with E-state index in [9.17, 15) is 13.2 Å². The first-order valence-corrected chi connectivity index (χ1v) is 3.78. The third kappa shape index (κ3) is 1.55. The summed E-state index contributed by atoms with van der Waals surface area (Å²) in [6, 6.07) is 1.71. The number of halogens is 4. The monoisotopic (exact) mass is 240 g/mol. The number of phenols is 1. The quantitative estimate of drug-likeness (QED) is 0.800. The van der Waals surface area contributed by atoms with E-state index in [0.717, 1.165) is 12.1 Å². The molecule has 0 amide bonds. The minimum absolute atomic E-state index is 0.294. The standard InChI is InChI=1S/C7H4BrF3O/c8-5-3(7(10)11)1-2-4(9)6(5)12/h1-2,7,12H. The number of alkyl halides is 2.